The molecule has 2 atom stereocenters. The van der Waals surface area contributed by atoms with Gasteiger partial charge in [-0.05, 0) is 32.9 Å². The Morgan fingerprint density at radius 1 is 1.33 bits per heavy atom. The first-order valence-electron chi connectivity index (χ1n) is 5.06. The van der Waals surface area contributed by atoms with Crippen LogP contribution in [0, 0.1) is 13.8 Å². The molecule has 1 rings (SSSR count). The van der Waals surface area contributed by atoms with E-state index in [-0.39, 0.29) is 0 Å². The van der Waals surface area contributed by atoms with Crippen LogP contribution in [0.3, 0.4) is 0 Å². The topological polar surface area (TPSA) is 79.4 Å². The highest BCUT2D eigenvalue weighted by molar-refractivity contribution is 5.24. The van der Waals surface area contributed by atoms with Crippen molar-refractivity contribution in [3.05, 3.63) is 29.1 Å². The van der Waals surface area contributed by atoms with Crippen LogP contribution in [0.15, 0.2) is 12.1 Å². The molecule has 4 heteroatoms. The summed E-state index contributed by atoms with van der Waals surface area (Å²) in [5.74, 6) is 0. The van der Waals surface area contributed by atoms with E-state index in [1.807, 2.05) is 19.9 Å². The number of nitrogens with two attached hydrogens (primary N) is 1. The van der Waals surface area contributed by atoms with Gasteiger partial charge in [-0.3, -0.25) is 4.98 Å². The smallest absolute Gasteiger partial charge is 0.107 e. The Bertz CT molecular complexity index is 328. The van der Waals surface area contributed by atoms with Gasteiger partial charge in [-0.25, -0.2) is 0 Å². The summed E-state index contributed by atoms with van der Waals surface area (Å²) >= 11 is 0. The molecular formula is C11H18N2O2. The van der Waals surface area contributed by atoms with E-state index in [2.05, 4.69) is 4.98 Å². The number of hydrogen-bond acceptors (Lipinski definition) is 4. The van der Waals surface area contributed by atoms with Crippen molar-refractivity contribution in [3.8, 4) is 0 Å². The first kappa shape index (κ1) is 12.1. The molecule has 0 spiro atoms. The molecule has 0 radical (unpaired) electrons. The number of aromatic nitrogens is 1. The minimum Gasteiger partial charge on any atom is -0.390 e. The van der Waals surface area contributed by atoms with E-state index in [9.17, 15) is 10.2 Å². The van der Waals surface area contributed by atoms with Gasteiger partial charge in [0.25, 0.3) is 0 Å². The predicted octanol–water partition coefficient (Wildman–Crippen LogP) is 0.442. The van der Waals surface area contributed by atoms with Gasteiger partial charge in [0, 0.05) is 17.0 Å². The number of pyridine rings is 1. The third-order valence-electron chi connectivity index (χ3n) is 2.41. The van der Waals surface area contributed by atoms with Crippen molar-refractivity contribution in [1.29, 1.82) is 0 Å². The minimum atomic E-state index is -0.901. The third kappa shape index (κ3) is 2.99. The largest absolute Gasteiger partial charge is 0.390 e. The summed E-state index contributed by atoms with van der Waals surface area (Å²) in [5, 5.41) is 19.5. The highest BCUT2D eigenvalue weighted by Crippen LogP contribution is 2.21. The zero-order valence-corrected chi connectivity index (χ0v) is 9.14. The number of aliphatic hydroxyl groups is 2. The summed E-state index contributed by atoms with van der Waals surface area (Å²) < 4.78 is 0. The molecule has 0 bridgehead atoms. The fourth-order valence-electron chi connectivity index (χ4n) is 1.55. The van der Waals surface area contributed by atoms with Crippen LogP contribution < -0.4 is 5.73 Å². The first-order valence-corrected chi connectivity index (χ1v) is 5.06. The molecule has 1 aromatic rings. The maximum atomic E-state index is 9.85. The van der Waals surface area contributed by atoms with Gasteiger partial charge in [-0.1, -0.05) is 6.07 Å². The summed E-state index contributed by atoms with van der Waals surface area (Å²) in [6.07, 6.45) is -1.34. The number of hydrogen-bond donors (Lipinski definition) is 3. The van der Waals surface area contributed by atoms with E-state index < -0.39 is 12.2 Å². The Morgan fingerprint density at radius 3 is 2.53 bits per heavy atom. The monoisotopic (exact) mass is 210 g/mol. The zero-order valence-electron chi connectivity index (χ0n) is 9.14. The molecule has 15 heavy (non-hydrogen) atoms. The van der Waals surface area contributed by atoms with Crippen LogP contribution >= 0.6 is 0 Å². The molecule has 0 saturated carbocycles. The standard InChI is InChI=1S/C11H18N2O2/c1-7-3-4-9(8(2)13-7)11(15)10(14)5-6-12/h3-4,10-11,14-15H,5-6,12H2,1-2H3. The average molecular weight is 210 g/mol. The van der Waals surface area contributed by atoms with Crippen molar-refractivity contribution in [1.82, 2.24) is 4.98 Å². The Hall–Kier alpha value is -0.970. The molecular weight excluding hydrogens is 192 g/mol. The molecule has 0 fully saturated rings. The third-order valence-corrected chi connectivity index (χ3v) is 2.41. The van der Waals surface area contributed by atoms with E-state index in [0.29, 0.717) is 18.5 Å². The van der Waals surface area contributed by atoms with Crippen molar-refractivity contribution in [2.24, 2.45) is 5.73 Å². The van der Waals surface area contributed by atoms with Gasteiger partial charge in [0.2, 0.25) is 0 Å². The zero-order chi connectivity index (χ0) is 11.4. The molecule has 0 amide bonds. The van der Waals surface area contributed by atoms with Crippen molar-refractivity contribution in [3.63, 3.8) is 0 Å². The lowest BCUT2D eigenvalue weighted by molar-refractivity contribution is 0.0144. The van der Waals surface area contributed by atoms with Gasteiger partial charge in [0.05, 0.1) is 6.10 Å². The lowest BCUT2D eigenvalue weighted by Gasteiger charge is -2.18. The van der Waals surface area contributed by atoms with Crippen LogP contribution in [0.1, 0.15) is 29.5 Å². The molecule has 4 nitrogen and oxygen atoms in total. The molecule has 0 aliphatic rings. The van der Waals surface area contributed by atoms with E-state index >= 15 is 0 Å². The van der Waals surface area contributed by atoms with Gasteiger partial charge < -0.3 is 15.9 Å². The Balaban J connectivity index is 2.86. The summed E-state index contributed by atoms with van der Waals surface area (Å²) in [5.41, 5.74) is 7.64. The van der Waals surface area contributed by atoms with Crippen molar-refractivity contribution < 1.29 is 10.2 Å². The number of rotatable bonds is 4. The summed E-state index contributed by atoms with van der Waals surface area (Å²) in [4.78, 5) is 4.23. The number of aliphatic hydroxyl groups excluding tert-OH is 2. The molecule has 84 valence electrons. The van der Waals surface area contributed by atoms with Gasteiger partial charge in [-0.2, -0.15) is 0 Å². The average Bonchev–Trinajstić information content (AvgIpc) is 2.17. The lowest BCUT2D eigenvalue weighted by Crippen LogP contribution is -2.22. The maximum Gasteiger partial charge on any atom is 0.107 e. The Morgan fingerprint density at radius 2 is 2.00 bits per heavy atom. The van der Waals surface area contributed by atoms with Gasteiger partial charge in [0.15, 0.2) is 0 Å². The second-order valence-electron chi connectivity index (χ2n) is 3.72. The van der Waals surface area contributed by atoms with Crippen LogP contribution in [0.5, 0.6) is 0 Å². The van der Waals surface area contributed by atoms with Gasteiger partial charge >= 0.3 is 0 Å². The highest BCUT2D eigenvalue weighted by atomic mass is 16.3. The number of aryl methyl sites for hydroxylation is 2. The van der Waals surface area contributed by atoms with E-state index in [1.54, 1.807) is 6.07 Å². The minimum absolute atomic E-state index is 0.358. The van der Waals surface area contributed by atoms with E-state index in [1.165, 1.54) is 0 Å². The highest BCUT2D eigenvalue weighted by Gasteiger charge is 2.19. The van der Waals surface area contributed by atoms with Crippen molar-refractivity contribution in [2.45, 2.75) is 32.5 Å². The van der Waals surface area contributed by atoms with E-state index in [4.69, 9.17) is 5.73 Å². The molecule has 0 saturated heterocycles. The first-order chi connectivity index (χ1) is 7.06. The second-order valence-corrected chi connectivity index (χ2v) is 3.72. The maximum absolute atomic E-state index is 9.85. The van der Waals surface area contributed by atoms with E-state index in [0.717, 1.165) is 11.4 Å². The SMILES string of the molecule is Cc1ccc(C(O)C(O)CCN)c(C)n1. The van der Waals surface area contributed by atoms with Crippen LogP contribution in [0.2, 0.25) is 0 Å². The summed E-state index contributed by atoms with van der Waals surface area (Å²) in [6.45, 7) is 4.07. The number of nitrogens with zero attached hydrogens (tertiary/aromatic N) is 1. The Kier molecular flexibility index (Phi) is 4.20. The van der Waals surface area contributed by atoms with Crippen molar-refractivity contribution in [2.75, 3.05) is 6.54 Å². The fraction of sp³-hybridized carbons (Fsp3) is 0.545. The van der Waals surface area contributed by atoms with Crippen LogP contribution in [0.25, 0.3) is 0 Å². The molecule has 2 unspecified atom stereocenters. The van der Waals surface area contributed by atoms with Gasteiger partial charge in [-0.15, -0.1) is 0 Å². The van der Waals surface area contributed by atoms with Crippen LogP contribution in [0.4, 0.5) is 0 Å². The molecule has 0 aromatic carbocycles. The molecule has 0 aliphatic carbocycles. The Labute approximate surface area is 89.8 Å². The fourth-order valence-corrected chi connectivity index (χ4v) is 1.55. The van der Waals surface area contributed by atoms with Gasteiger partial charge in [0.1, 0.15) is 6.10 Å². The molecule has 4 N–H and O–H groups in total. The predicted molar refractivity (Wildman–Crippen MR) is 58.3 cm³/mol. The molecule has 0 aliphatic heterocycles. The summed E-state index contributed by atoms with van der Waals surface area (Å²) in [6, 6.07) is 3.61. The molecule has 1 aromatic heterocycles. The molecule has 1 heterocycles. The normalized spacial score (nSPS) is 15.0. The van der Waals surface area contributed by atoms with Crippen LogP contribution in [-0.2, 0) is 0 Å². The lowest BCUT2D eigenvalue weighted by atomic mass is 10.0. The quantitative estimate of drug-likeness (QED) is 0.673. The van der Waals surface area contributed by atoms with Crippen LogP contribution in [-0.4, -0.2) is 27.8 Å². The second kappa shape index (κ2) is 5.21. The van der Waals surface area contributed by atoms with Crippen molar-refractivity contribution >= 4 is 0 Å². The summed E-state index contributed by atoms with van der Waals surface area (Å²) in [7, 11) is 0.